The van der Waals surface area contributed by atoms with Crippen molar-refractivity contribution in [2.24, 2.45) is 4.99 Å². The minimum Gasteiger partial charge on any atom is -0.444 e. The molecular weight excluding hydrogens is 375 g/mol. The molecule has 10 heteroatoms. The van der Waals surface area contributed by atoms with Crippen molar-refractivity contribution in [3.8, 4) is 0 Å². The van der Waals surface area contributed by atoms with E-state index >= 15 is 0 Å². The fraction of sp³-hybridized carbons (Fsp3) is 0.889. The number of carbonyl (C=O) groups is 1. The molecule has 0 spiro atoms. The zero-order valence-electron chi connectivity index (χ0n) is 17.5. The van der Waals surface area contributed by atoms with Crippen molar-refractivity contribution in [2.45, 2.75) is 58.9 Å². The van der Waals surface area contributed by atoms with Crippen LogP contribution in [-0.2, 0) is 4.74 Å². The first kappa shape index (κ1) is 24.3. The lowest BCUT2D eigenvalue weighted by atomic mass is 10.2. The highest BCUT2D eigenvalue weighted by atomic mass is 19.4. The number of carbonyl (C=O) groups excluding carboxylic acids is 1. The molecule has 1 unspecified atom stereocenters. The molecule has 28 heavy (non-hydrogen) atoms. The molecule has 1 saturated heterocycles. The van der Waals surface area contributed by atoms with Crippen molar-refractivity contribution < 1.29 is 22.7 Å². The third kappa shape index (κ3) is 8.99. The largest absolute Gasteiger partial charge is 0.444 e. The van der Waals surface area contributed by atoms with Crippen molar-refractivity contribution >= 4 is 12.1 Å². The number of hydrogen-bond donors (Lipinski definition) is 2. The number of nitrogens with zero attached hydrogens (tertiary/aromatic N) is 3. The van der Waals surface area contributed by atoms with E-state index in [0.29, 0.717) is 58.2 Å². The Labute approximate surface area is 165 Å². The third-order valence-electron chi connectivity index (χ3n) is 4.23. The Hall–Kier alpha value is -1.71. The van der Waals surface area contributed by atoms with Gasteiger partial charge in [-0.25, -0.2) is 4.79 Å². The van der Waals surface area contributed by atoms with Crippen LogP contribution in [0.5, 0.6) is 0 Å². The molecule has 0 aliphatic carbocycles. The van der Waals surface area contributed by atoms with Gasteiger partial charge in [0.25, 0.3) is 0 Å². The maximum absolute atomic E-state index is 12.9. The van der Waals surface area contributed by atoms with Crippen molar-refractivity contribution in [1.29, 1.82) is 0 Å². The first-order chi connectivity index (χ1) is 12.9. The molecule has 164 valence electrons. The minimum absolute atomic E-state index is 0.339. The van der Waals surface area contributed by atoms with Crippen LogP contribution in [0.25, 0.3) is 0 Å². The number of piperazine rings is 1. The third-order valence-corrected chi connectivity index (χ3v) is 4.23. The van der Waals surface area contributed by atoms with E-state index in [-0.39, 0.29) is 0 Å². The number of alkyl halides is 3. The number of rotatable bonds is 6. The maximum Gasteiger partial charge on any atom is 0.407 e. The second-order valence-corrected chi connectivity index (χ2v) is 7.76. The Morgan fingerprint density at radius 3 is 2.25 bits per heavy atom. The smallest absolute Gasteiger partial charge is 0.407 e. The lowest BCUT2D eigenvalue weighted by Crippen LogP contribution is -2.56. The van der Waals surface area contributed by atoms with Crippen LogP contribution in [0.4, 0.5) is 18.0 Å². The van der Waals surface area contributed by atoms with Gasteiger partial charge in [-0.3, -0.25) is 9.89 Å². The van der Waals surface area contributed by atoms with Gasteiger partial charge < -0.3 is 20.3 Å². The number of hydrogen-bond acceptors (Lipinski definition) is 4. The van der Waals surface area contributed by atoms with E-state index in [4.69, 9.17) is 4.74 Å². The molecule has 0 radical (unpaired) electrons. The second kappa shape index (κ2) is 10.7. The molecule has 0 aromatic carbocycles. The molecule has 0 aromatic heterocycles. The van der Waals surface area contributed by atoms with E-state index in [1.54, 1.807) is 20.8 Å². The van der Waals surface area contributed by atoms with Crippen LogP contribution in [0.15, 0.2) is 4.99 Å². The molecule has 1 heterocycles. The lowest BCUT2D eigenvalue weighted by molar-refractivity contribution is -0.181. The molecule has 0 aromatic rings. The molecule has 2 N–H and O–H groups in total. The van der Waals surface area contributed by atoms with Crippen molar-refractivity contribution in [2.75, 3.05) is 45.8 Å². The number of ether oxygens (including phenoxy) is 1. The number of halogens is 3. The Bertz CT molecular complexity index is 512. The molecule has 1 atom stereocenters. The highest BCUT2D eigenvalue weighted by Gasteiger charge is 2.41. The number of alkyl carbamates (subject to hydrolysis) is 1. The molecule has 1 aliphatic heterocycles. The highest BCUT2D eigenvalue weighted by Crippen LogP contribution is 2.25. The summed E-state index contributed by atoms with van der Waals surface area (Å²) in [7, 11) is 0. The van der Waals surface area contributed by atoms with Gasteiger partial charge in [0.1, 0.15) is 11.6 Å². The van der Waals surface area contributed by atoms with Gasteiger partial charge in [-0.2, -0.15) is 13.2 Å². The van der Waals surface area contributed by atoms with E-state index in [1.807, 2.05) is 11.8 Å². The topological polar surface area (TPSA) is 69.2 Å². The SMILES string of the molecule is CCNC(=NCCCNC(=O)OC(C)(C)C)N1CCN(C(C)C(F)(F)F)CC1. The summed E-state index contributed by atoms with van der Waals surface area (Å²) in [5, 5.41) is 5.86. The molecule has 1 aliphatic rings. The zero-order chi connectivity index (χ0) is 21.4. The summed E-state index contributed by atoms with van der Waals surface area (Å²) in [5.74, 6) is 0.694. The summed E-state index contributed by atoms with van der Waals surface area (Å²) in [6.45, 7) is 11.8. The van der Waals surface area contributed by atoms with Gasteiger partial charge in [0, 0.05) is 45.8 Å². The number of amides is 1. The lowest BCUT2D eigenvalue weighted by Gasteiger charge is -2.39. The Balaban J connectivity index is 2.43. The predicted octanol–water partition coefficient (Wildman–Crippen LogP) is 2.44. The Morgan fingerprint density at radius 2 is 1.75 bits per heavy atom. The summed E-state index contributed by atoms with van der Waals surface area (Å²) in [6.07, 6.45) is -4.03. The van der Waals surface area contributed by atoms with E-state index in [9.17, 15) is 18.0 Å². The predicted molar refractivity (Wildman–Crippen MR) is 103 cm³/mol. The van der Waals surface area contributed by atoms with Crippen LogP contribution < -0.4 is 10.6 Å². The van der Waals surface area contributed by atoms with Gasteiger partial charge in [-0.15, -0.1) is 0 Å². The van der Waals surface area contributed by atoms with Crippen molar-refractivity contribution in [3.05, 3.63) is 0 Å². The molecule has 0 saturated carbocycles. The number of aliphatic imine (C=N–C) groups is 1. The molecular formula is C18H34F3N5O2. The summed E-state index contributed by atoms with van der Waals surface area (Å²) in [6, 6.07) is -1.44. The van der Waals surface area contributed by atoms with E-state index < -0.39 is 23.9 Å². The fourth-order valence-corrected chi connectivity index (χ4v) is 2.72. The van der Waals surface area contributed by atoms with Gasteiger partial charge in [0.2, 0.25) is 0 Å². The average molecular weight is 409 g/mol. The molecule has 7 nitrogen and oxygen atoms in total. The zero-order valence-corrected chi connectivity index (χ0v) is 17.5. The minimum atomic E-state index is -4.21. The van der Waals surface area contributed by atoms with Crippen molar-refractivity contribution in [1.82, 2.24) is 20.4 Å². The van der Waals surface area contributed by atoms with Crippen LogP contribution in [0, 0.1) is 0 Å². The van der Waals surface area contributed by atoms with E-state index in [0.717, 1.165) is 0 Å². The van der Waals surface area contributed by atoms with Gasteiger partial charge in [0.15, 0.2) is 5.96 Å². The standard InChI is InChI=1S/C18H34F3N5O2/c1-6-22-15(23-8-7-9-24-16(27)28-17(3,4)5)26-12-10-25(11-13-26)14(2)18(19,20)21/h14H,6-13H2,1-5H3,(H,22,23)(H,24,27). The number of guanidine groups is 1. The maximum atomic E-state index is 12.9. The first-order valence-electron chi connectivity index (χ1n) is 9.75. The molecule has 1 amide bonds. The molecule has 1 rings (SSSR count). The summed E-state index contributed by atoms with van der Waals surface area (Å²) in [4.78, 5) is 19.5. The molecule has 1 fully saturated rings. The first-order valence-corrected chi connectivity index (χ1v) is 9.75. The highest BCUT2D eigenvalue weighted by molar-refractivity contribution is 5.80. The van der Waals surface area contributed by atoms with Crippen LogP contribution in [0.3, 0.4) is 0 Å². The van der Waals surface area contributed by atoms with Gasteiger partial charge in [0.05, 0.1) is 0 Å². The second-order valence-electron chi connectivity index (χ2n) is 7.76. The van der Waals surface area contributed by atoms with Crippen LogP contribution >= 0.6 is 0 Å². The monoisotopic (exact) mass is 409 g/mol. The fourth-order valence-electron chi connectivity index (χ4n) is 2.72. The van der Waals surface area contributed by atoms with Gasteiger partial charge in [-0.1, -0.05) is 0 Å². The van der Waals surface area contributed by atoms with Gasteiger partial charge in [-0.05, 0) is 41.0 Å². The summed E-state index contributed by atoms with van der Waals surface area (Å²) < 4.78 is 43.8. The normalized spacial score (nSPS) is 18.0. The Kier molecular flexibility index (Phi) is 9.32. The van der Waals surface area contributed by atoms with Crippen LogP contribution in [-0.4, -0.2) is 85.5 Å². The van der Waals surface area contributed by atoms with Crippen molar-refractivity contribution in [3.63, 3.8) is 0 Å². The summed E-state index contributed by atoms with van der Waals surface area (Å²) in [5.41, 5.74) is -0.536. The number of nitrogens with one attached hydrogen (secondary N) is 2. The Morgan fingerprint density at radius 1 is 1.14 bits per heavy atom. The summed E-state index contributed by atoms with van der Waals surface area (Å²) >= 11 is 0. The molecule has 0 bridgehead atoms. The van der Waals surface area contributed by atoms with Crippen LogP contribution in [0.1, 0.15) is 41.0 Å². The van der Waals surface area contributed by atoms with E-state index in [1.165, 1.54) is 11.8 Å². The van der Waals surface area contributed by atoms with Gasteiger partial charge >= 0.3 is 12.3 Å². The quantitative estimate of drug-likeness (QED) is 0.401. The average Bonchev–Trinajstić information content (AvgIpc) is 2.57. The van der Waals surface area contributed by atoms with E-state index in [2.05, 4.69) is 15.6 Å². The van der Waals surface area contributed by atoms with Crippen LogP contribution in [0.2, 0.25) is 0 Å².